The number of rotatable bonds is 9. The molecule has 1 aliphatic carbocycles. The number of hydrogen-bond donors (Lipinski definition) is 3. The van der Waals surface area contributed by atoms with Crippen LogP contribution in [0.5, 0.6) is 0 Å². The molecule has 1 aromatic carbocycles. The zero-order valence-corrected chi connectivity index (χ0v) is 14.9. The van der Waals surface area contributed by atoms with Gasteiger partial charge < -0.3 is 20.5 Å². The average Bonchev–Trinajstić information content (AvgIpc) is 2.60. The molecule has 134 valence electrons. The fourth-order valence-corrected chi connectivity index (χ4v) is 3.24. The first-order chi connectivity index (χ1) is 11.7. The lowest BCUT2D eigenvalue weighted by Crippen LogP contribution is -2.47. The molecule has 0 amide bonds. The molecule has 1 fully saturated rings. The lowest BCUT2D eigenvalue weighted by Gasteiger charge is -2.42. The normalized spacial score (nSPS) is 17.9. The molecule has 24 heavy (non-hydrogen) atoms. The van der Waals surface area contributed by atoms with E-state index in [4.69, 9.17) is 4.74 Å². The van der Waals surface area contributed by atoms with Crippen molar-refractivity contribution in [3.8, 4) is 0 Å². The first kappa shape index (κ1) is 18.7. The molecule has 5 nitrogen and oxygen atoms in total. The maximum atomic E-state index is 9.65. The predicted octanol–water partition coefficient (Wildman–Crippen LogP) is 2.13. The second-order valence-electron chi connectivity index (χ2n) is 6.69. The highest BCUT2D eigenvalue weighted by Crippen LogP contribution is 2.43. The van der Waals surface area contributed by atoms with Crippen molar-refractivity contribution in [3.05, 3.63) is 35.9 Å². The number of aliphatic hydroxyl groups is 1. The molecule has 0 bridgehead atoms. The fourth-order valence-electron chi connectivity index (χ4n) is 3.24. The first-order valence-electron chi connectivity index (χ1n) is 8.82. The Morgan fingerprint density at radius 1 is 1.29 bits per heavy atom. The molecule has 0 aliphatic heterocycles. The molecule has 1 aliphatic rings. The van der Waals surface area contributed by atoms with E-state index < -0.39 is 0 Å². The number of hydrogen-bond acceptors (Lipinski definition) is 3. The van der Waals surface area contributed by atoms with E-state index in [1.165, 1.54) is 19.3 Å². The molecule has 1 saturated carbocycles. The molecule has 5 heteroatoms. The highest BCUT2D eigenvalue weighted by Gasteiger charge is 2.36. The van der Waals surface area contributed by atoms with Crippen LogP contribution in [0.15, 0.2) is 35.3 Å². The number of nitrogens with one attached hydrogen (secondary N) is 2. The largest absolute Gasteiger partial charge is 0.396 e. The molecule has 1 atom stereocenters. The fraction of sp³-hybridized carbons (Fsp3) is 0.632. The van der Waals surface area contributed by atoms with E-state index in [-0.39, 0.29) is 12.5 Å². The summed E-state index contributed by atoms with van der Waals surface area (Å²) in [6.45, 7) is 2.51. The molecule has 0 spiro atoms. The Bertz CT molecular complexity index is 501. The van der Waals surface area contributed by atoms with Gasteiger partial charge in [0.1, 0.15) is 0 Å². The minimum atomic E-state index is 0.0657. The summed E-state index contributed by atoms with van der Waals surface area (Å²) in [6.07, 6.45) is 4.90. The number of aliphatic hydroxyl groups excluding tert-OH is 1. The summed E-state index contributed by atoms with van der Waals surface area (Å²) in [7, 11) is 3.55. The SMILES string of the molecule is CN=C(NCC(CO)c1ccccc1)NCC1(CCOC)CCC1. The third kappa shape index (κ3) is 5.21. The molecular formula is C19H31N3O2. The lowest BCUT2D eigenvalue weighted by atomic mass is 9.67. The van der Waals surface area contributed by atoms with Gasteiger partial charge in [0.15, 0.2) is 5.96 Å². The Kier molecular flexibility index (Phi) is 7.53. The molecule has 0 radical (unpaired) electrons. The Labute approximate surface area is 145 Å². The third-order valence-corrected chi connectivity index (χ3v) is 5.11. The van der Waals surface area contributed by atoms with Crippen LogP contribution in [0.25, 0.3) is 0 Å². The van der Waals surface area contributed by atoms with Crippen molar-refractivity contribution in [2.45, 2.75) is 31.6 Å². The van der Waals surface area contributed by atoms with E-state index in [2.05, 4.69) is 15.6 Å². The van der Waals surface area contributed by atoms with Crippen LogP contribution in [0.3, 0.4) is 0 Å². The van der Waals surface area contributed by atoms with E-state index in [9.17, 15) is 5.11 Å². The van der Waals surface area contributed by atoms with Gasteiger partial charge in [0.05, 0.1) is 6.61 Å². The second kappa shape index (κ2) is 9.64. The smallest absolute Gasteiger partial charge is 0.191 e. The van der Waals surface area contributed by atoms with Crippen molar-refractivity contribution < 1.29 is 9.84 Å². The van der Waals surface area contributed by atoms with E-state index in [0.717, 1.165) is 31.1 Å². The van der Waals surface area contributed by atoms with Gasteiger partial charge in [-0.25, -0.2) is 0 Å². The third-order valence-electron chi connectivity index (χ3n) is 5.11. The van der Waals surface area contributed by atoms with Crippen LogP contribution in [0.1, 0.15) is 37.2 Å². The van der Waals surface area contributed by atoms with Gasteiger partial charge >= 0.3 is 0 Å². The average molecular weight is 333 g/mol. The van der Waals surface area contributed by atoms with Crippen LogP contribution < -0.4 is 10.6 Å². The topological polar surface area (TPSA) is 65.9 Å². The number of benzene rings is 1. The molecule has 0 aromatic heterocycles. The summed E-state index contributed by atoms with van der Waals surface area (Å²) in [5, 5.41) is 16.5. The first-order valence-corrected chi connectivity index (χ1v) is 8.82. The van der Waals surface area contributed by atoms with Crippen molar-refractivity contribution >= 4 is 5.96 Å². The van der Waals surface area contributed by atoms with Gasteiger partial charge in [0, 0.05) is 39.8 Å². The number of nitrogens with zero attached hydrogens (tertiary/aromatic N) is 1. The van der Waals surface area contributed by atoms with Crippen LogP contribution in [0, 0.1) is 5.41 Å². The summed E-state index contributed by atoms with van der Waals surface area (Å²) in [5.41, 5.74) is 1.49. The summed E-state index contributed by atoms with van der Waals surface area (Å²) < 4.78 is 5.25. The highest BCUT2D eigenvalue weighted by atomic mass is 16.5. The standard InChI is InChI=1S/C19H31N3O2/c1-20-18(22-15-19(9-6-10-19)11-12-24-2)21-13-17(14-23)16-7-4-3-5-8-16/h3-5,7-8,17,23H,6,9-15H2,1-2H3,(H2,20,21,22). The Morgan fingerprint density at radius 3 is 2.58 bits per heavy atom. The zero-order valence-electron chi connectivity index (χ0n) is 14.9. The number of ether oxygens (including phenoxy) is 1. The molecule has 0 saturated heterocycles. The van der Waals surface area contributed by atoms with Crippen molar-refractivity contribution in [2.75, 3.05) is 40.5 Å². The van der Waals surface area contributed by atoms with Crippen molar-refractivity contribution in [2.24, 2.45) is 10.4 Å². The van der Waals surface area contributed by atoms with Crippen LogP contribution in [0.2, 0.25) is 0 Å². The van der Waals surface area contributed by atoms with Gasteiger partial charge in [-0.2, -0.15) is 0 Å². The molecule has 3 N–H and O–H groups in total. The van der Waals surface area contributed by atoms with Gasteiger partial charge in [-0.15, -0.1) is 0 Å². The van der Waals surface area contributed by atoms with Gasteiger partial charge in [-0.3, -0.25) is 4.99 Å². The highest BCUT2D eigenvalue weighted by molar-refractivity contribution is 5.79. The number of guanidine groups is 1. The van der Waals surface area contributed by atoms with E-state index in [1.807, 2.05) is 30.3 Å². The predicted molar refractivity (Wildman–Crippen MR) is 98.4 cm³/mol. The number of methoxy groups -OCH3 is 1. The maximum Gasteiger partial charge on any atom is 0.191 e. The monoisotopic (exact) mass is 333 g/mol. The van der Waals surface area contributed by atoms with Gasteiger partial charge in [0.2, 0.25) is 0 Å². The van der Waals surface area contributed by atoms with Gasteiger partial charge in [-0.05, 0) is 30.2 Å². The van der Waals surface area contributed by atoms with E-state index >= 15 is 0 Å². The van der Waals surface area contributed by atoms with E-state index in [1.54, 1.807) is 14.2 Å². The van der Waals surface area contributed by atoms with Crippen LogP contribution in [0.4, 0.5) is 0 Å². The Balaban J connectivity index is 1.81. The summed E-state index contributed by atoms with van der Waals surface area (Å²) in [6, 6.07) is 10.1. The Morgan fingerprint density at radius 2 is 2.04 bits per heavy atom. The summed E-state index contributed by atoms with van der Waals surface area (Å²) in [5.74, 6) is 0.865. The molecule has 1 unspecified atom stereocenters. The maximum absolute atomic E-state index is 9.65. The lowest BCUT2D eigenvalue weighted by molar-refractivity contribution is 0.0732. The van der Waals surface area contributed by atoms with E-state index in [0.29, 0.717) is 12.0 Å². The Hall–Kier alpha value is -1.59. The molecule has 1 aromatic rings. The van der Waals surface area contributed by atoms with Crippen molar-refractivity contribution in [1.29, 1.82) is 0 Å². The molecule has 2 rings (SSSR count). The van der Waals surface area contributed by atoms with Gasteiger partial charge in [0.25, 0.3) is 0 Å². The zero-order chi connectivity index (χ0) is 17.3. The van der Waals surface area contributed by atoms with Crippen LogP contribution in [-0.2, 0) is 4.74 Å². The molecular weight excluding hydrogens is 302 g/mol. The van der Waals surface area contributed by atoms with Crippen molar-refractivity contribution in [3.63, 3.8) is 0 Å². The second-order valence-corrected chi connectivity index (χ2v) is 6.69. The van der Waals surface area contributed by atoms with Crippen molar-refractivity contribution in [1.82, 2.24) is 10.6 Å². The number of aliphatic imine (C=N–C) groups is 1. The minimum Gasteiger partial charge on any atom is -0.396 e. The quantitative estimate of drug-likeness (QED) is 0.478. The summed E-state index contributed by atoms with van der Waals surface area (Å²) >= 11 is 0. The van der Waals surface area contributed by atoms with Crippen LogP contribution >= 0.6 is 0 Å². The summed E-state index contributed by atoms with van der Waals surface area (Å²) in [4.78, 5) is 4.31. The minimum absolute atomic E-state index is 0.0657. The van der Waals surface area contributed by atoms with Crippen LogP contribution in [-0.4, -0.2) is 51.5 Å². The molecule has 0 heterocycles. The van der Waals surface area contributed by atoms with Gasteiger partial charge in [-0.1, -0.05) is 36.8 Å².